The maximum absolute atomic E-state index is 12.8. The van der Waals surface area contributed by atoms with Crippen molar-refractivity contribution < 1.29 is 14.6 Å². The molecule has 3 aromatic rings. The SMILES string of the molecule is Cc1nn(C)c(C)c1NC(=O)[C@@H](C)[NH+]1CC[NH+](Cc2nc3ccccc3s2)CC1. The van der Waals surface area contributed by atoms with Crippen molar-refractivity contribution in [3.8, 4) is 0 Å². The number of carbonyl (C=O) groups is 1. The third-order valence-corrected chi connectivity index (χ3v) is 7.14. The van der Waals surface area contributed by atoms with Crippen LogP contribution in [0.25, 0.3) is 10.2 Å². The minimum atomic E-state index is -0.0713. The Morgan fingerprint density at radius 1 is 1.24 bits per heavy atom. The molecule has 3 heterocycles. The van der Waals surface area contributed by atoms with Crippen molar-refractivity contribution in [3.05, 3.63) is 40.7 Å². The Hall–Kier alpha value is -2.29. The molecular formula is C21H30N6OS+2. The van der Waals surface area contributed by atoms with Gasteiger partial charge in [0.05, 0.1) is 27.3 Å². The first-order chi connectivity index (χ1) is 13.9. The van der Waals surface area contributed by atoms with Crippen LogP contribution in [0.15, 0.2) is 24.3 Å². The van der Waals surface area contributed by atoms with Crippen molar-refractivity contribution in [3.63, 3.8) is 0 Å². The average molecular weight is 415 g/mol. The predicted molar refractivity (Wildman–Crippen MR) is 115 cm³/mol. The fourth-order valence-corrected chi connectivity index (χ4v) is 5.15. The second-order valence-corrected chi connectivity index (χ2v) is 9.16. The highest BCUT2D eigenvalue weighted by Crippen LogP contribution is 2.21. The van der Waals surface area contributed by atoms with E-state index in [2.05, 4.69) is 28.6 Å². The smallest absolute Gasteiger partial charge is 0.282 e. The topological polar surface area (TPSA) is 68.7 Å². The second-order valence-electron chi connectivity index (χ2n) is 8.04. The van der Waals surface area contributed by atoms with Crippen LogP contribution in [0.3, 0.4) is 0 Å². The maximum Gasteiger partial charge on any atom is 0.282 e. The van der Waals surface area contributed by atoms with Crippen LogP contribution in [-0.4, -0.2) is 52.9 Å². The van der Waals surface area contributed by atoms with E-state index in [1.807, 2.05) is 38.6 Å². The summed E-state index contributed by atoms with van der Waals surface area (Å²) in [5.74, 6) is 0.0776. The number of amides is 1. The molecule has 1 amide bonds. The maximum atomic E-state index is 12.8. The Morgan fingerprint density at radius 3 is 2.62 bits per heavy atom. The van der Waals surface area contributed by atoms with Crippen molar-refractivity contribution in [1.29, 1.82) is 0 Å². The highest BCUT2D eigenvalue weighted by atomic mass is 32.1. The molecule has 2 aromatic heterocycles. The van der Waals surface area contributed by atoms with Crippen LogP contribution >= 0.6 is 11.3 Å². The van der Waals surface area contributed by atoms with Crippen molar-refractivity contribution in [2.24, 2.45) is 7.05 Å². The zero-order valence-corrected chi connectivity index (χ0v) is 18.4. The summed E-state index contributed by atoms with van der Waals surface area (Å²) in [6.07, 6.45) is 0. The largest absolute Gasteiger partial charge is 0.320 e. The first-order valence-electron chi connectivity index (χ1n) is 10.3. The van der Waals surface area contributed by atoms with Gasteiger partial charge in [-0.1, -0.05) is 12.1 Å². The Balaban J connectivity index is 1.32. The van der Waals surface area contributed by atoms with Gasteiger partial charge in [-0.05, 0) is 32.9 Å². The summed E-state index contributed by atoms with van der Waals surface area (Å²) < 4.78 is 3.07. The molecule has 0 saturated carbocycles. The number of fused-ring (bicyclic) bond motifs is 1. The molecule has 3 N–H and O–H groups in total. The number of thiazole rings is 1. The normalized spacial score (nSPS) is 20.7. The number of nitrogens with one attached hydrogen (secondary N) is 3. The number of rotatable bonds is 5. The van der Waals surface area contributed by atoms with Crippen LogP contribution in [0.2, 0.25) is 0 Å². The van der Waals surface area contributed by atoms with Crippen molar-refractivity contribution >= 4 is 33.1 Å². The number of hydrogen-bond donors (Lipinski definition) is 3. The van der Waals surface area contributed by atoms with Crippen LogP contribution < -0.4 is 15.1 Å². The first-order valence-corrected chi connectivity index (χ1v) is 11.1. The summed E-state index contributed by atoms with van der Waals surface area (Å²) in [7, 11) is 1.90. The van der Waals surface area contributed by atoms with E-state index in [9.17, 15) is 4.79 Å². The van der Waals surface area contributed by atoms with Crippen molar-refractivity contribution in [2.75, 3.05) is 31.5 Å². The lowest BCUT2D eigenvalue weighted by atomic mass is 10.2. The van der Waals surface area contributed by atoms with Gasteiger partial charge in [-0.2, -0.15) is 5.10 Å². The van der Waals surface area contributed by atoms with Crippen molar-refractivity contribution in [1.82, 2.24) is 14.8 Å². The van der Waals surface area contributed by atoms with E-state index in [-0.39, 0.29) is 11.9 Å². The molecule has 4 rings (SSSR count). The molecule has 1 aliphatic heterocycles. The minimum Gasteiger partial charge on any atom is -0.320 e. The van der Waals surface area contributed by atoms with Crippen LogP contribution in [0.1, 0.15) is 23.3 Å². The molecule has 1 atom stereocenters. The standard InChI is InChI=1S/C21H28N6OS/c1-14-20(15(2)25(4)24-14)23-21(28)16(3)27-11-9-26(10-12-27)13-19-22-17-7-5-6-8-18(17)29-19/h5-8,16H,9-13H2,1-4H3,(H,23,28)/p+2/t16-/m1/s1. The van der Waals surface area contributed by atoms with Crippen LogP contribution in [0.4, 0.5) is 5.69 Å². The predicted octanol–water partition coefficient (Wildman–Crippen LogP) is -0.0428. The molecule has 1 aliphatic rings. The van der Waals surface area contributed by atoms with Gasteiger partial charge in [0.1, 0.15) is 37.7 Å². The molecule has 0 bridgehead atoms. The molecule has 0 radical (unpaired) electrons. The molecule has 154 valence electrons. The molecule has 29 heavy (non-hydrogen) atoms. The van der Waals surface area contributed by atoms with E-state index in [4.69, 9.17) is 4.98 Å². The lowest BCUT2D eigenvalue weighted by Gasteiger charge is -2.32. The number of piperazine rings is 1. The van der Waals surface area contributed by atoms with Gasteiger partial charge < -0.3 is 15.1 Å². The summed E-state index contributed by atoms with van der Waals surface area (Å²) in [6.45, 7) is 11.1. The van der Waals surface area contributed by atoms with E-state index >= 15 is 0 Å². The number of aryl methyl sites for hydroxylation is 2. The summed E-state index contributed by atoms with van der Waals surface area (Å²) in [5, 5.41) is 8.70. The third-order valence-electron chi connectivity index (χ3n) is 6.10. The summed E-state index contributed by atoms with van der Waals surface area (Å²) in [4.78, 5) is 20.5. The molecule has 0 aliphatic carbocycles. The van der Waals surface area contributed by atoms with E-state index in [0.29, 0.717) is 0 Å². The van der Waals surface area contributed by atoms with E-state index in [0.717, 1.165) is 55.3 Å². The van der Waals surface area contributed by atoms with Gasteiger partial charge in [0.2, 0.25) is 0 Å². The summed E-state index contributed by atoms with van der Waals surface area (Å²) in [6, 6.07) is 8.26. The lowest BCUT2D eigenvalue weighted by molar-refractivity contribution is -1.02. The molecular weight excluding hydrogens is 384 g/mol. The highest BCUT2D eigenvalue weighted by molar-refractivity contribution is 7.18. The fraction of sp³-hybridized carbons (Fsp3) is 0.476. The van der Waals surface area contributed by atoms with Gasteiger partial charge in [0.15, 0.2) is 6.04 Å². The zero-order chi connectivity index (χ0) is 20.5. The molecule has 1 aromatic carbocycles. The van der Waals surface area contributed by atoms with Crippen LogP contribution in [0.5, 0.6) is 0 Å². The molecule has 8 heteroatoms. The van der Waals surface area contributed by atoms with Crippen LogP contribution in [0, 0.1) is 13.8 Å². The first kappa shape index (κ1) is 20.0. The summed E-state index contributed by atoms with van der Waals surface area (Å²) in [5.41, 5.74) is 3.81. The zero-order valence-electron chi connectivity index (χ0n) is 17.6. The molecule has 1 fully saturated rings. The average Bonchev–Trinajstić information content (AvgIpc) is 3.23. The quantitative estimate of drug-likeness (QED) is 0.549. The number of aromatic nitrogens is 3. The molecule has 1 saturated heterocycles. The number of anilines is 1. The molecule has 0 unspecified atom stereocenters. The van der Waals surface area contributed by atoms with Gasteiger partial charge in [0.25, 0.3) is 5.91 Å². The number of nitrogens with zero attached hydrogens (tertiary/aromatic N) is 3. The Morgan fingerprint density at radius 2 is 1.97 bits per heavy atom. The Kier molecular flexibility index (Phi) is 5.67. The fourth-order valence-electron chi connectivity index (χ4n) is 4.12. The van der Waals surface area contributed by atoms with E-state index < -0.39 is 0 Å². The van der Waals surface area contributed by atoms with Gasteiger partial charge in [-0.25, -0.2) is 4.98 Å². The highest BCUT2D eigenvalue weighted by Gasteiger charge is 2.32. The van der Waals surface area contributed by atoms with E-state index in [1.165, 1.54) is 14.6 Å². The van der Waals surface area contributed by atoms with E-state index in [1.54, 1.807) is 16.2 Å². The van der Waals surface area contributed by atoms with Crippen LogP contribution in [-0.2, 0) is 18.4 Å². The third kappa shape index (κ3) is 4.19. The number of benzene rings is 1. The number of quaternary nitrogens is 2. The number of carbonyl (C=O) groups excluding carboxylic acids is 1. The second kappa shape index (κ2) is 8.22. The Bertz CT molecular complexity index is 985. The molecule has 7 nitrogen and oxygen atoms in total. The van der Waals surface area contributed by atoms with Gasteiger partial charge >= 0.3 is 0 Å². The Labute approximate surface area is 175 Å². The monoisotopic (exact) mass is 414 g/mol. The number of para-hydroxylation sites is 1. The molecule has 0 spiro atoms. The van der Waals surface area contributed by atoms with Gasteiger partial charge in [0, 0.05) is 7.05 Å². The minimum absolute atomic E-state index is 0.0713. The van der Waals surface area contributed by atoms with Gasteiger partial charge in [-0.3, -0.25) is 9.48 Å². The summed E-state index contributed by atoms with van der Waals surface area (Å²) >= 11 is 1.80. The lowest BCUT2D eigenvalue weighted by Crippen LogP contribution is -3.29. The number of hydrogen-bond acceptors (Lipinski definition) is 4. The van der Waals surface area contributed by atoms with Crippen molar-refractivity contribution in [2.45, 2.75) is 33.4 Å². The van der Waals surface area contributed by atoms with Gasteiger partial charge in [-0.15, -0.1) is 11.3 Å².